The van der Waals surface area contributed by atoms with Gasteiger partial charge in [0.2, 0.25) is 10.0 Å². The number of nitrogens with two attached hydrogens (primary N) is 1. The summed E-state index contributed by atoms with van der Waals surface area (Å²) in [6, 6.07) is 12.0. The van der Waals surface area contributed by atoms with Gasteiger partial charge in [0.05, 0.1) is 23.7 Å². The van der Waals surface area contributed by atoms with Gasteiger partial charge in [-0.3, -0.25) is 4.79 Å². The molecule has 0 saturated carbocycles. The Kier molecular flexibility index (Phi) is 7.09. The number of nitrogens with one attached hydrogen (secondary N) is 1. The summed E-state index contributed by atoms with van der Waals surface area (Å²) in [7, 11) is 0.123. The van der Waals surface area contributed by atoms with E-state index in [9.17, 15) is 13.2 Å². The second-order valence-electron chi connectivity index (χ2n) is 7.53. The first-order valence-corrected chi connectivity index (χ1v) is 11.3. The van der Waals surface area contributed by atoms with Crippen molar-refractivity contribution in [1.82, 2.24) is 4.90 Å². The Bertz CT molecular complexity index is 985. The van der Waals surface area contributed by atoms with E-state index in [0.29, 0.717) is 37.7 Å². The predicted octanol–water partition coefficient (Wildman–Crippen LogP) is 1.53. The molecule has 1 fully saturated rings. The van der Waals surface area contributed by atoms with Gasteiger partial charge in [-0.1, -0.05) is 12.1 Å². The summed E-state index contributed by atoms with van der Waals surface area (Å²) in [6.45, 7) is 3.28. The molecule has 2 aromatic rings. The molecule has 9 heteroatoms. The molecule has 2 aromatic carbocycles. The highest BCUT2D eigenvalue weighted by atomic mass is 32.2. The van der Waals surface area contributed by atoms with E-state index in [1.165, 1.54) is 17.7 Å². The zero-order chi connectivity index (χ0) is 21.7. The smallest absolute Gasteiger partial charge is 0.257 e. The van der Waals surface area contributed by atoms with Gasteiger partial charge in [-0.15, -0.1) is 0 Å². The SMILES string of the molecule is CN(C)CCc1ccc(NC(=O)c2cc(S(N)(=O)=O)ccc2N2CCOCC2)cc1. The average Bonchev–Trinajstić information content (AvgIpc) is 2.72. The summed E-state index contributed by atoms with van der Waals surface area (Å²) >= 11 is 0. The number of hydrogen-bond donors (Lipinski definition) is 2. The number of rotatable bonds is 7. The van der Waals surface area contributed by atoms with E-state index in [1.54, 1.807) is 6.07 Å². The van der Waals surface area contributed by atoms with Crippen molar-refractivity contribution in [2.24, 2.45) is 5.14 Å². The van der Waals surface area contributed by atoms with Crippen molar-refractivity contribution in [3.05, 3.63) is 53.6 Å². The Morgan fingerprint density at radius 3 is 2.40 bits per heavy atom. The molecule has 0 unspecified atom stereocenters. The van der Waals surface area contributed by atoms with Crippen molar-refractivity contribution in [2.45, 2.75) is 11.3 Å². The lowest BCUT2D eigenvalue weighted by atomic mass is 10.1. The van der Waals surface area contributed by atoms with Gasteiger partial charge in [-0.25, -0.2) is 13.6 Å². The van der Waals surface area contributed by atoms with Crippen LogP contribution >= 0.6 is 0 Å². The first kappa shape index (κ1) is 22.2. The lowest BCUT2D eigenvalue weighted by molar-refractivity contribution is 0.102. The Hall–Kier alpha value is -2.46. The number of likely N-dealkylation sites (N-methyl/N-ethyl adjacent to an activating group) is 1. The minimum atomic E-state index is -3.93. The van der Waals surface area contributed by atoms with Gasteiger partial charge in [-0.2, -0.15) is 0 Å². The maximum absolute atomic E-state index is 13.0. The highest BCUT2D eigenvalue weighted by molar-refractivity contribution is 7.89. The molecule has 0 atom stereocenters. The normalized spacial score (nSPS) is 14.7. The molecule has 1 heterocycles. The monoisotopic (exact) mass is 432 g/mol. The summed E-state index contributed by atoms with van der Waals surface area (Å²) in [5.74, 6) is -0.386. The number of anilines is 2. The van der Waals surface area contributed by atoms with Gasteiger partial charge in [0.1, 0.15) is 0 Å². The van der Waals surface area contributed by atoms with E-state index in [0.717, 1.165) is 13.0 Å². The molecule has 1 aliphatic heterocycles. The van der Waals surface area contributed by atoms with Gasteiger partial charge in [0.15, 0.2) is 0 Å². The van der Waals surface area contributed by atoms with Crippen LogP contribution in [0.1, 0.15) is 15.9 Å². The van der Waals surface area contributed by atoms with Gasteiger partial charge < -0.3 is 19.9 Å². The molecule has 3 N–H and O–H groups in total. The number of carbonyl (C=O) groups excluding carboxylic acids is 1. The van der Waals surface area contributed by atoms with Crippen molar-refractivity contribution in [3.8, 4) is 0 Å². The summed E-state index contributed by atoms with van der Waals surface area (Å²) in [5.41, 5.74) is 2.74. The third kappa shape index (κ3) is 5.79. The lowest BCUT2D eigenvalue weighted by Crippen LogP contribution is -2.37. The van der Waals surface area contributed by atoms with Gasteiger partial charge in [-0.05, 0) is 56.4 Å². The first-order chi connectivity index (χ1) is 14.2. The molecule has 1 amide bonds. The minimum Gasteiger partial charge on any atom is -0.378 e. The highest BCUT2D eigenvalue weighted by Crippen LogP contribution is 2.26. The second-order valence-corrected chi connectivity index (χ2v) is 9.09. The quantitative estimate of drug-likeness (QED) is 0.688. The molecule has 1 saturated heterocycles. The number of ether oxygens (including phenoxy) is 1. The van der Waals surface area contributed by atoms with Crippen LogP contribution in [-0.2, 0) is 21.2 Å². The van der Waals surface area contributed by atoms with E-state index < -0.39 is 10.0 Å². The van der Waals surface area contributed by atoms with Crippen molar-refractivity contribution >= 4 is 27.3 Å². The molecular weight excluding hydrogens is 404 g/mol. The lowest BCUT2D eigenvalue weighted by Gasteiger charge is -2.30. The number of morpholine rings is 1. The Balaban J connectivity index is 1.84. The summed E-state index contributed by atoms with van der Waals surface area (Å²) in [6.07, 6.45) is 0.915. The number of carbonyl (C=O) groups is 1. The van der Waals surface area contributed by atoms with Crippen LogP contribution in [0.3, 0.4) is 0 Å². The van der Waals surface area contributed by atoms with Gasteiger partial charge in [0.25, 0.3) is 5.91 Å². The van der Waals surface area contributed by atoms with Crippen LogP contribution < -0.4 is 15.4 Å². The molecule has 0 radical (unpaired) electrons. The maximum atomic E-state index is 13.0. The largest absolute Gasteiger partial charge is 0.378 e. The van der Waals surface area contributed by atoms with Crippen molar-refractivity contribution in [1.29, 1.82) is 0 Å². The molecule has 0 spiro atoms. The van der Waals surface area contributed by atoms with Gasteiger partial charge in [0, 0.05) is 31.0 Å². The summed E-state index contributed by atoms with van der Waals surface area (Å²) in [4.78, 5) is 17.1. The van der Waals surface area contributed by atoms with E-state index >= 15 is 0 Å². The molecule has 1 aliphatic rings. The van der Waals surface area contributed by atoms with E-state index in [-0.39, 0.29) is 16.4 Å². The second kappa shape index (κ2) is 9.57. The topological polar surface area (TPSA) is 105 Å². The summed E-state index contributed by atoms with van der Waals surface area (Å²) in [5, 5.41) is 8.14. The molecule has 162 valence electrons. The minimum absolute atomic E-state index is 0.0938. The van der Waals surface area contributed by atoms with Crippen molar-refractivity contribution < 1.29 is 17.9 Å². The number of primary sulfonamides is 1. The van der Waals surface area contributed by atoms with Crippen LogP contribution in [0.2, 0.25) is 0 Å². The molecule has 0 bridgehead atoms. The van der Waals surface area contributed by atoms with Crippen molar-refractivity contribution in [3.63, 3.8) is 0 Å². The number of nitrogens with zero attached hydrogens (tertiary/aromatic N) is 2. The fraction of sp³-hybridized carbons (Fsp3) is 0.381. The fourth-order valence-electron chi connectivity index (χ4n) is 3.26. The molecule has 8 nitrogen and oxygen atoms in total. The predicted molar refractivity (Wildman–Crippen MR) is 118 cm³/mol. The zero-order valence-electron chi connectivity index (χ0n) is 17.3. The number of benzene rings is 2. The third-order valence-corrected chi connectivity index (χ3v) is 5.86. The molecule has 30 heavy (non-hydrogen) atoms. The number of sulfonamides is 1. The van der Waals surface area contributed by atoms with E-state index in [2.05, 4.69) is 10.2 Å². The van der Waals surface area contributed by atoms with E-state index in [1.807, 2.05) is 43.3 Å². The molecule has 3 rings (SSSR count). The standard InChI is InChI=1S/C21H28N4O4S/c1-24(2)10-9-16-3-5-17(6-4-16)23-21(26)19-15-18(30(22,27)28)7-8-20(19)25-11-13-29-14-12-25/h3-8,15H,9-14H2,1-2H3,(H,23,26)(H2,22,27,28). The van der Waals surface area contributed by atoms with Crippen molar-refractivity contribution in [2.75, 3.05) is 57.2 Å². The molecule has 0 aromatic heterocycles. The zero-order valence-corrected chi connectivity index (χ0v) is 18.1. The third-order valence-electron chi connectivity index (χ3n) is 4.95. The van der Waals surface area contributed by atoms with E-state index in [4.69, 9.17) is 9.88 Å². The van der Waals surface area contributed by atoms with Crippen LogP contribution in [-0.4, -0.2) is 66.2 Å². The number of amides is 1. The first-order valence-electron chi connectivity index (χ1n) is 9.78. The average molecular weight is 433 g/mol. The van der Waals surface area contributed by atoms with Gasteiger partial charge >= 0.3 is 0 Å². The highest BCUT2D eigenvalue weighted by Gasteiger charge is 2.22. The molecular formula is C21H28N4O4S. The maximum Gasteiger partial charge on any atom is 0.257 e. The van der Waals surface area contributed by atoms with Crippen LogP contribution in [0.5, 0.6) is 0 Å². The van der Waals surface area contributed by atoms with Crippen LogP contribution in [0.15, 0.2) is 47.4 Å². The molecule has 0 aliphatic carbocycles. The van der Waals surface area contributed by atoms with Crippen LogP contribution in [0.4, 0.5) is 11.4 Å². The Labute approximate surface area is 177 Å². The van der Waals surface area contributed by atoms with Crippen LogP contribution in [0.25, 0.3) is 0 Å². The Morgan fingerprint density at radius 2 is 1.80 bits per heavy atom. The fourth-order valence-corrected chi connectivity index (χ4v) is 3.80. The number of hydrogen-bond acceptors (Lipinski definition) is 6. The van der Waals surface area contributed by atoms with Crippen LogP contribution in [0, 0.1) is 0 Å². The Morgan fingerprint density at radius 1 is 1.13 bits per heavy atom. The summed E-state index contributed by atoms with van der Waals surface area (Å²) < 4.78 is 29.0.